The Morgan fingerprint density at radius 3 is 2.58 bits per heavy atom. The van der Waals surface area contributed by atoms with Crippen LogP contribution in [0.25, 0.3) is 11.1 Å². The highest BCUT2D eigenvalue weighted by Crippen LogP contribution is 2.22. The predicted molar refractivity (Wildman–Crippen MR) is 96.9 cm³/mol. The molecule has 5 nitrogen and oxygen atoms in total. The van der Waals surface area contributed by atoms with Crippen LogP contribution in [0.4, 0.5) is 4.39 Å². The van der Waals surface area contributed by atoms with Crippen LogP contribution in [0.2, 0.25) is 0 Å². The summed E-state index contributed by atoms with van der Waals surface area (Å²) in [5.41, 5.74) is 2.85. The summed E-state index contributed by atoms with van der Waals surface area (Å²) in [5.74, 6) is -0.515. The van der Waals surface area contributed by atoms with Gasteiger partial charge in [0.25, 0.3) is 5.91 Å². The van der Waals surface area contributed by atoms with Gasteiger partial charge in [0, 0.05) is 37.5 Å². The topological polar surface area (TPSA) is 58.4 Å². The van der Waals surface area contributed by atoms with Crippen molar-refractivity contribution in [2.45, 2.75) is 6.54 Å². The molecule has 0 spiro atoms. The largest absolute Gasteiger partial charge is 0.395 e. The summed E-state index contributed by atoms with van der Waals surface area (Å²) in [6.45, 7) is 0.449. The predicted octanol–water partition coefficient (Wildman–Crippen LogP) is 2.86. The summed E-state index contributed by atoms with van der Waals surface area (Å²) in [6, 6.07) is 13.3. The Morgan fingerprint density at radius 2 is 1.92 bits per heavy atom. The molecular formula is C20H20FN3O2. The second-order valence-corrected chi connectivity index (χ2v) is 6.06. The summed E-state index contributed by atoms with van der Waals surface area (Å²) in [5, 5.41) is 13.4. The zero-order chi connectivity index (χ0) is 18.5. The van der Waals surface area contributed by atoms with Gasteiger partial charge >= 0.3 is 0 Å². The van der Waals surface area contributed by atoms with Gasteiger partial charge in [-0.3, -0.25) is 9.48 Å². The molecule has 1 amide bonds. The van der Waals surface area contributed by atoms with Gasteiger partial charge in [0.05, 0.1) is 12.8 Å². The van der Waals surface area contributed by atoms with E-state index in [1.807, 2.05) is 19.3 Å². The molecule has 6 heteroatoms. The van der Waals surface area contributed by atoms with Gasteiger partial charge in [0.1, 0.15) is 5.82 Å². The van der Waals surface area contributed by atoms with E-state index in [0.29, 0.717) is 17.7 Å². The molecule has 3 aromatic rings. The Kier molecular flexibility index (Phi) is 5.43. The lowest BCUT2D eigenvalue weighted by atomic mass is 10.0. The first kappa shape index (κ1) is 17.8. The Morgan fingerprint density at radius 1 is 1.19 bits per heavy atom. The fourth-order valence-electron chi connectivity index (χ4n) is 2.83. The van der Waals surface area contributed by atoms with Gasteiger partial charge in [0.15, 0.2) is 0 Å². The monoisotopic (exact) mass is 353 g/mol. The number of carbonyl (C=O) groups is 1. The van der Waals surface area contributed by atoms with Gasteiger partial charge in [-0.05, 0) is 35.4 Å². The minimum atomic E-state index is -0.322. The molecule has 1 heterocycles. The van der Waals surface area contributed by atoms with Crippen molar-refractivity contribution in [2.24, 2.45) is 7.05 Å². The fourth-order valence-corrected chi connectivity index (χ4v) is 2.83. The summed E-state index contributed by atoms with van der Waals surface area (Å²) in [4.78, 5) is 14.5. The van der Waals surface area contributed by atoms with Crippen LogP contribution in [-0.2, 0) is 13.6 Å². The van der Waals surface area contributed by atoms with Gasteiger partial charge < -0.3 is 10.0 Å². The van der Waals surface area contributed by atoms with Crippen LogP contribution in [0.5, 0.6) is 0 Å². The fraction of sp³-hybridized carbons (Fsp3) is 0.200. The van der Waals surface area contributed by atoms with Gasteiger partial charge in [-0.15, -0.1) is 0 Å². The molecule has 0 saturated heterocycles. The highest BCUT2D eigenvalue weighted by Gasteiger charge is 2.17. The summed E-state index contributed by atoms with van der Waals surface area (Å²) in [7, 11) is 1.81. The average molecular weight is 353 g/mol. The zero-order valence-electron chi connectivity index (χ0n) is 14.5. The molecule has 2 aromatic carbocycles. The molecule has 0 aliphatic carbocycles. The van der Waals surface area contributed by atoms with E-state index in [1.165, 1.54) is 12.1 Å². The second-order valence-electron chi connectivity index (χ2n) is 6.06. The summed E-state index contributed by atoms with van der Waals surface area (Å²) < 4.78 is 15.1. The molecule has 1 aromatic heterocycles. The second kappa shape index (κ2) is 7.93. The maximum atomic E-state index is 13.5. The molecule has 0 atom stereocenters. The van der Waals surface area contributed by atoms with Crippen LogP contribution in [0.3, 0.4) is 0 Å². The van der Waals surface area contributed by atoms with Gasteiger partial charge in [-0.25, -0.2) is 4.39 Å². The molecule has 0 aliphatic rings. The molecular weight excluding hydrogens is 333 g/mol. The average Bonchev–Trinajstić information content (AvgIpc) is 3.06. The highest BCUT2D eigenvalue weighted by molar-refractivity contribution is 5.95. The van der Waals surface area contributed by atoms with Gasteiger partial charge in [0.2, 0.25) is 0 Å². The smallest absolute Gasteiger partial charge is 0.254 e. The van der Waals surface area contributed by atoms with Crippen LogP contribution in [0.15, 0.2) is 60.9 Å². The lowest BCUT2D eigenvalue weighted by Crippen LogP contribution is -2.33. The van der Waals surface area contributed by atoms with E-state index in [0.717, 1.165) is 11.1 Å². The number of aliphatic hydroxyl groups excluding tert-OH is 1. The molecule has 134 valence electrons. The molecule has 0 radical (unpaired) electrons. The number of halogens is 1. The Balaban J connectivity index is 1.86. The van der Waals surface area contributed by atoms with Crippen molar-refractivity contribution < 1.29 is 14.3 Å². The lowest BCUT2D eigenvalue weighted by molar-refractivity contribution is 0.0708. The number of amides is 1. The van der Waals surface area contributed by atoms with Crippen molar-refractivity contribution in [2.75, 3.05) is 13.2 Å². The molecule has 0 aliphatic heterocycles. The molecule has 0 saturated carbocycles. The first-order valence-electron chi connectivity index (χ1n) is 8.30. The number of aromatic nitrogens is 2. The van der Waals surface area contributed by atoms with E-state index in [1.54, 1.807) is 46.1 Å². The first-order valence-corrected chi connectivity index (χ1v) is 8.30. The number of benzene rings is 2. The van der Waals surface area contributed by atoms with Crippen molar-refractivity contribution >= 4 is 5.91 Å². The number of rotatable bonds is 6. The van der Waals surface area contributed by atoms with Crippen molar-refractivity contribution in [3.05, 3.63) is 77.9 Å². The minimum Gasteiger partial charge on any atom is -0.395 e. The highest BCUT2D eigenvalue weighted by atomic mass is 19.1. The van der Waals surface area contributed by atoms with Crippen LogP contribution in [0.1, 0.15) is 15.9 Å². The van der Waals surface area contributed by atoms with E-state index in [9.17, 15) is 14.3 Å². The van der Waals surface area contributed by atoms with E-state index in [4.69, 9.17) is 0 Å². The van der Waals surface area contributed by atoms with Crippen molar-refractivity contribution in [3.8, 4) is 11.1 Å². The first-order chi connectivity index (χ1) is 12.6. The number of hydrogen-bond acceptors (Lipinski definition) is 3. The Labute approximate surface area is 151 Å². The Hall–Kier alpha value is -2.99. The molecule has 1 N–H and O–H groups in total. The zero-order valence-corrected chi connectivity index (χ0v) is 14.5. The standard InChI is InChI=1S/C20H20FN3O2/c1-23-13-15(12-22-23)14-24(8-9-25)20(26)18-6-2-4-16(10-18)17-5-3-7-19(21)11-17/h2-7,10-13,25H,8-9,14H2,1H3. The summed E-state index contributed by atoms with van der Waals surface area (Å²) in [6.07, 6.45) is 3.53. The third kappa shape index (κ3) is 4.15. The van der Waals surface area contributed by atoms with Crippen molar-refractivity contribution in [3.63, 3.8) is 0 Å². The molecule has 26 heavy (non-hydrogen) atoms. The Bertz CT molecular complexity index is 907. The number of hydrogen-bond donors (Lipinski definition) is 1. The molecule has 0 unspecified atom stereocenters. The quantitative estimate of drug-likeness (QED) is 0.741. The number of nitrogens with zero attached hydrogens (tertiary/aromatic N) is 3. The van der Waals surface area contributed by atoms with E-state index in [2.05, 4.69) is 5.10 Å². The van der Waals surface area contributed by atoms with Crippen molar-refractivity contribution in [1.29, 1.82) is 0 Å². The van der Waals surface area contributed by atoms with Gasteiger partial charge in [-0.1, -0.05) is 24.3 Å². The van der Waals surface area contributed by atoms with E-state index in [-0.39, 0.29) is 24.9 Å². The van der Waals surface area contributed by atoms with Crippen LogP contribution in [0, 0.1) is 5.82 Å². The lowest BCUT2D eigenvalue weighted by Gasteiger charge is -2.21. The maximum Gasteiger partial charge on any atom is 0.254 e. The molecule has 0 bridgehead atoms. The third-order valence-corrected chi connectivity index (χ3v) is 4.06. The van der Waals surface area contributed by atoms with Crippen LogP contribution >= 0.6 is 0 Å². The maximum absolute atomic E-state index is 13.5. The van der Waals surface area contributed by atoms with Crippen LogP contribution in [-0.4, -0.2) is 38.8 Å². The van der Waals surface area contributed by atoms with Crippen LogP contribution < -0.4 is 0 Å². The van der Waals surface area contributed by atoms with E-state index >= 15 is 0 Å². The SMILES string of the molecule is Cn1cc(CN(CCO)C(=O)c2cccc(-c3cccc(F)c3)c2)cn1. The number of aryl methyl sites for hydroxylation is 1. The van der Waals surface area contributed by atoms with Crippen molar-refractivity contribution in [1.82, 2.24) is 14.7 Å². The van der Waals surface area contributed by atoms with E-state index < -0.39 is 0 Å². The molecule has 0 fully saturated rings. The number of aliphatic hydroxyl groups is 1. The van der Waals surface area contributed by atoms with Gasteiger partial charge in [-0.2, -0.15) is 5.10 Å². The normalized spacial score (nSPS) is 10.7. The third-order valence-electron chi connectivity index (χ3n) is 4.06. The summed E-state index contributed by atoms with van der Waals surface area (Å²) >= 11 is 0. The molecule has 3 rings (SSSR count). The minimum absolute atomic E-state index is 0.129. The number of carbonyl (C=O) groups excluding carboxylic acids is 1.